The molecule has 12 heteroatoms. The van der Waals surface area contributed by atoms with Crippen LogP contribution in [0.4, 0.5) is 4.79 Å². The lowest BCUT2D eigenvalue weighted by molar-refractivity contribution is -0.143. The van der Waals surface area contributed by atoms with Crippen LogP contribution in [0, 0.1) is 0 Å². The number of methoxy groups -OCH3 is 1. The fourth-order valence-corrected chi connectivity index (χ4v) is 5.06. The molecule has 0 saturated heterocycles. The van der Waals surface area contributed by atoms with Crippen LogP contribution >= 0.6 is 23.1 Å². The van der Waals surface area contributed by atoms with Crippen LogP contribution in [-0.2, 0) is 25.6 Å². The maximum absolute atomic E-state index is 13.3. The molecule has 0 aliphatic heterocycles. The smallest absolute Gasteiger partial charge is 0.408 e. The molecule has 0 spiro atoms. The Balaban J connectivity index is 2.23. The summed E-state index contributed by atoms with van der Waals surface area (Å²) in [6.07, 6.45) is 3.20. The third-order valence-electron chi connectivity index (χ3n) is 5.31. The van der Waals surface area contributed by atoms with E-state index in [0.29, 0.717) is 22.1 Å². The Morgan fingerprint density at radius 3 is 2.36 bits per heavy atom. The molecule has 3 amide bonds. The highest BCUT2D eigenvalue weighted by molar-refractivity contribution is 7.98. The van der Waals surface area contributed by atoms with Crippen molar-refractivity contribution in [2.24, 2.45) is 0 Å². The van der Waals surface area contributed by atoms with Gasteiger partial charge in [0.15, 0.2) is 0 Å². The molecule has 0 bridgehead atoms. The molecular weight excluding hydrogens is 540 g/mol. The van der Waals surface area contributed by atoms with Crippen LogP contribution in [0.2, 0.25) is 0 Å². The molecule has 2 rings (SSSR count). The number of amides is 3. The number of aromatic nitrogens is 1. The topological polar surface area (TPSA) is 136 Å². The van der Waals surface area contributed by atoms with Crippen molar-refractivity contribution in [3.63, 3.8) is 0 Å². The van der Waals surface area contributed by atoms with E-state index in [4.69, 9.17) is 9.47 Å². The number of hydrogen-bond donors (Lipinski definition) is 3. The van der Waals surface area contributed by atoms with Crippen molar-refractivity contribution in [1.82, 2.24) is 20.9 Å². The lowest BCUT2D eigenvalue weighted by atomic mass is 10.1. The second-order valence-corrected chi connectivity index (χ2v) is 11.7. The Morgan fingerprint density at radius 1 is 1.08 bits per heavy atom. The summed E-state index contributed by atoms with van der Waals surface area (Å²) in [5.74, 6) is -1.07. The van der Waals surface area contributed by atoms with Crippen LogP contribution < -0.4 is 16.0 Å². The third kappa shape index (κ3) is 10.5. The van der Waals surface area contributed by atoms with Gasteiger partial charge < -0.3 is 25.4 Å². The highest BCUT2D eigenvalue weighted by Crippen LogP contribution is 2.30. The maximum Gasteiger partial charge on any atom is 0.408 e. The monoisotopic (exact) mass is 578 g/mol. The van der Waals surface area contributed by atoms with Crippen molar-refractivity contribution in [3.8, 4) is 10.4 Å². The number of thiazole rings is 1. The first-order chi connectivity index (χ1) is 18.5. The van der Waals surface area contributed by atoms with Gasteiger partial charge >= 0.3 is 12.1 Å². The predicted octanol–water partition coefficient (Wildman–Crippen LogP) is 4.14. The molecule has 1 aromatic heterocycles. The Morgan fingerprint density at radius 2 is 1.77 bits per heavy atom. The molecule has 0 aliphatic rings. The maximum atomic E-state index is 13.3. The Kier molecular flexibility index (Phi) is 12.7. The minimum atomic E-state index is -0.814. The van der Waals surface area contributed by atoms with Crippen LogP contribution in [0.1, 0.15) is 62.5 Å². The van der Waals surface area contributed by atoms with Gasteiger partial charge in [0.05, 0.1) is 18.5 Å². The van der Waals surface area contributed by atoms with E-state index in [9.17, 15) is 19.2 Å². The minimum absolute atomic E-state index is 0.0494. The lowest BCUT2D eigenvalue weighted by Gasteiger charge is -2.22. The number of ether oxygens (including phenoxy) is 2. The van der Waals surface area contributed by atoms with Crippen LogP contribution in [0.25, 0.3) is 10.4 Å². The summed E-state index contributed by atoms with van der Waals surface area (Å²) in [6.45, 7) is 7.28. The van der Waals surface area contributed by atoms with Gasteiger partial charge in [-0.05, 0) is 39.0 Å². The minimum Gasteiger partial charge on any atom is -0.467 e. The number of thioether (sulfide) groups is 1. The molecule has 0 unspecified atom stereocenters. The number of nitrogens with zero attached hydrogens (tertiary/aromatic N) is 1. The Hall–Kier alpha value is -3.12. The zero-order chi connectivity index (χ0) is 29.0. The van der Waals surface area contributed by atoms with E-state index in [1.54, 1.807) is 20.8 Å². The zero-order valence-corrected chi connectivity index (χ0v) is 24.9. The third-order valence-corrected chi connectivity index (χ3v) is 7.09. The van der Waals surface area contributed by atoms with Crippen molar-refractivity contribution >= 4 is 47.0 Å². The summed E-state index contributed by atoms with van der Waals surface area (Å²) in [4.78, 5) is 55.8. The number of hydrogen-bond acceptors (Lipinski definition) is 9. The average molecular weight is 579 g/mol. The number of benzene rings is 1. The van der Waals surface area contributed by atoms with E-state index in [0.717, 1.165) is 18.4 Å². The average Bonchev–Trinajstić information content (AvgIpc) is 3.33. The van der Waals surface area contributed by atoms with Gasteiger partial charge in [0.1, 0.15) is 28.4 Å². The Bertz CT molecular complexity index is 1120. The molecule has 10 nitrogen and oxygen atoms in total. The number of carbonyl (C=O) groups is 4. The van der Waals surface area contributed by atoms with Crippen molar-refractivity contribution in [2.45, 2.75) is 71.2 Å². The molecule has 39 heavy (non-hydrogen) atoms. The fraction of sp³-hybridized carbons (Fsp3) is 0.519. The molecule has 0 fully saturated rings. The van der Waals surface area contributed by atoms with Crippen LogP contribution in [0.15, 0.2) is 30.3 Å². The number of unbranched alkanes of at least 4 members (excludes halogenated alkanes) is 1. The van der Waals surface area contributed by atoms with Gasteiger partial charge in [0.2, 0.25) is 5.91 Å². The first-order valence-electron chi connectivity index (χ1n) is 12.7. The van der Waals surface area contributed by atoms with Crippen LogP contribution in [-0.4, -0.2) is 65.7 Å². The number of esters is 1. The number of nitrogens with one attached hydrogen (secondary N) is 3. The first kappa shape index (κ1) is 32.1. The second kappa shape index (κ2) is 15.5. The SMILES string of the molecule is CCCC[C@H](NC(=O)c1nc(CNC(=O)[C@H](CSC)NC(=O)OC(C)(C)C)sc1-c1ccccc1)C(=O)OC. The quantitative estimate of drug-likeness (QED) is 0.302. The van der Waals surface area contributed by atoms with E-state index in [1.165, 1.54) is 30.2 Å². The van der Waals surface area contributed by atoms with Gasteiger partial charge in [-0.3, -0.25) is 9.59 Å². The van der Waals surface area contributed by atoms with E-state index in [-0.39, 0.29) is 12.2 Å². The lowest BCUT2D eigenvalue weighted by Crippen LogP contribution is -2.49. The summed E-state index contributed by atoms with van der Waals surface area (Å²) in [5.41, 5.74) is 0.251. The molecular formula is C27H38N4O6S2. The number of rotatable bonds is 13. The number of carbonyl (C=O) groups excluding carboxylic acids is 4. The summed E-state index contributed by atoms with van der Waals surface area (Å²) in [7, 11) is 1.29. The second-order valence-electron chi connectivity index (χ2n) is 9.71. The molecule has 1 aromatic carbocycles. The summed E-state index contributed by atoms with van der Waals surface area (Å²) in [6, 6.07) is 7.69. The summed E-state index contributed by atoms with van der Waals surface area (Å²) >= 11 is 2.68. The van der Waals surface area contributed by atoms with Crippen molar-refractivity contribution in [1.29, 1.82) is 0 Å². The van der Waals surface area contributed by atoms with E-state index >= 15 is 0 Å². The highest BCUT2D eigenvalue weighted by Gasteiger charge is 2.27. The van der Waals surface area contributed by atoms with Gasteiger partial charge in [-0.1, -0.05) is 50.1 Å². The summed E-state index contributed by atoms with van der Waals surface area (Å²) < 4.78 is 10.1. The first-order valence-corrected chi connectivity index (χ1v) is 14.9. The van der Waals surface area contributed by atoms with Gasteiger partial charge in [0.25, 0.3) is 5.91 Å². The predicted molar refractivity (Wildman–Crippen MR) is 154 cm³/mol. The van der Waals surface area contributed by atoms with Crippen LogP contribution in [0.5, 0.6) is 0 Å². The molecule has 3 N–H and O–H groups in total. The Labute approximate surface area is 238 Å². The van der Waals surface area contributed by atoms with E-state index in [1.807, 2.05) is 43.5 Å². The van der Waals surface area contributed by atoms with Gasteiger partial charge in [-0.2, -0.15) is 11.8 Å². The summed E-state index contributed by atoms with van der Waals surface area (Å²) in [5, 5.41) is 8.66. The van der Waals surface area contributed by atoms with E-state index < -0.39 is 41.6 Å². The van der Waals surface area contributed by atoms with Gasteiger partial charge in [-0.25, -0.2) is 14.6 Å². The molecule has 1 heterocycles. The van der Waals surface area contributed by atoms with Crippen molar-refractivity contribution in [2.75, 3.05) is 19.1 Å². The van der Waals surface area contributed by atoms with E-state index in [2.05, 4.69) is 20.9 Å². The zero-order valence-electron chi connectivity index (χ0n) is 23.3. The fourth-order valence-electron chi connectivity index (χ4n) is 3.49. The molecule has 0 saturated carbocycles. The molecule has 2 atom stereocenters. The highest BCUT2D eigenvalue weighted by atomic mass is 32.2. The molecule has 214 valence electrons. The normalized spacial score (nSPS) is 12.7. The largest absolute Gasteiger partial charge is 0.467 e. The number of alkyl carbamates (subject to hydrolysis) is 1. The van der Waals surface area contributed by atoms with Crippen molar-refractivity contribution < 1.29 is 28.7 Å². The van der Waals surface area contributed by atoms with Crippen LogP contribution in [0.3, 0.4) is 0 Å². The van der Waals surface area contributed by atoms with Gasteiger partial charge in [-0.15, -0.1) is 11.3 Å². The van der Waals surface area contributed by atoms with Gasteiger partial charge in [0, 0.05) is 5.75 Å². The molecule has 0 radical (unpaired) electrons. The molecule has 2 aromatic rings. The molecule has 0 aliphatic carbocycles. The standard InChI is InChI=1S/C27H38N4O6S2/c1-7-8-14-18(25(34)36-5)29-24(33)21-22(17-12-10-9-11-13-17)39-20(31-21)15-28-23(32)19(16-38-6)30-26(35)37-27(2,3)4/h9-13,18-19H,7-8,14-16H2,1-6H3,(H,28,32)(H,29,33)(H,30,35)/t18-,19-/m0/s1. The van der Waals surface area contributed by atoms with Crippen molar-refractivity contribution in [3.05, 3.63) is 41.0 Å².